The minimum Gasteiger partial charge on any atom is -0.355 e. The molecular formula is C14H18N4. The first-order valence-corrected chi connectivity index (χ1v) is 7.01. The summed E-state index contributed by atoms with van der Waals surface area (Å²) >= 11 is 0. The number of aromatic nitrogens is 3. The third-order valence-corrected chi connectivity index (χ3v) is 4.04. The molecule has 2 aromatic heterocycles. The molecule has 1 aliphatic heterocycles. The highest BCUT2D eigenvalue weighted by Gasteiger charge is 2.27. The molecule has 0 aromatic carbocycles. The van der Waals surface area contributed by atoms with Gasteiger partial charge < -0.3 is 4.90 Å². The van der Waals surface area contributed by atoms with Crippen LogP contribution in [0, 0.1) is 0 Å². The van der Waals surface area contributed by atoms with Crippen LogP contribution in [0.25, 0.3) is 5.52 Å². The molecule has 4 heteroatoms. The van der Waals surface area contributed by atoms with Crippen molar-refractivity contribution in [2.24, 2.45) is 0 Å². The number of nitrogens with zero attached hydrogens (tertiary/aromatic N) is 4. The zero-order valence-electron chi connectivity index (χ0n) is 10.5. The highest BCUT2D eigenvalue weighted by atomic mass is 15.3. The van der Waals surface area contributed by atoms with Gasteiger partial charge in [-0.1, -0.05) is 0 Å². The van der Waals surface area contributed by atoms with E-state index in [2.05, 4.69) is 21.0 Å². The van der Waals surface area contributed by atoms with E-state index in [1.54, 1.807) is 0 Å². The predicted molar refractivity (Wildman–Crippen MR) is 71.0 cm³/mol. The molecule has 1 saturated heterocycles. The number of anilines is 1. The molecule has 0 spiro atoms. The van der Waals surface area contributed by atoms with Crippen LogP contribution in [0.4, 0.5) is 5.82 Å². The first-order chi connectivity index (χ1) is 8.92. The van der Waals surface area contributed by atoms with E-state index >= 15 is 0 Å². The van der Waals surface area contributed by atoms with E-state index < -0.39 is 0 Å². The zero-order valence-corrected chi connectivity index (χ0v) is 10.5. The molecule has 2 aromatic rings. The van der Waals surface area contributed by atoms with Gasteiger partial charge in [0, 0.05) is 31.4 Å². The van der Waals surface area contributed by atoms with Crippen LogP contribution in [0.3, 0.4) is 0 Å². The molecule has 1 aliphatic carbocycles. The fraction of sp³-hybridized carbons (Fsp3) is 0.571. The Kier molecular flexibility index (Phi) is 2.28. The van der Waals surface area contributed by atoms with Gasteiger partial charge >= 0.3 is 0 Å². The molecular weight excluding hydrogens is 224 g/mol. The van der Waals surface area contributed by atoms with Crippen molar-refractivity contribution in [3.8, 4) is 0 Å². The van der Waals surface area contributed by atoms with Gasteiger partial charge in [0.25, 0.3) is 0 Å². The smallest absolute Gasteiger partial charge is 0.154 e. The lowest BCUT2D eigenvalue weighted by atomic mass is 10.1. The Bertz CT molecular complexity index is 564. The van der Waals surface area contributed by atoms with Crippen LogP contribution in [0.5, 0.6) is 0 Å². The maximum absolute atomic E-state index is 4.68. The van der Waals surface area contributed by atoms with Crippen LogP contribution in [-0.4, -0.2) is 27.7 Å². The van der Waals surface area contributed by atoms with Gasteiger partial charge in [0.15, 0.2) is 5.82 Å². The minimum atomic E-state index is 0.708. The van der Waals surface area contributed by atoms with Crippen LogP contribution in [-0.2, 0) is 0 Å². The van der Waals surface area contributed by atoms with Crippen molar-refractivity contribution in [2.75, 3.05) is 18.0 Å². The molecule has 2 aliphatic rings. The third kappa shape index (κ3) is 1.67. The molecule has 0 atom stereocenters. The van der Waals surface area contributed by atoms with Gasteiger partial charge in [-0.05, 0) is 38.2 Å². The molecule has 4 nitrogen and oxygen atoms in total. The minimum absolute atomic E-state index is 0.708. The lowest BCUT2D eigenvalue weighted by Crippen LogP contribution is -2.30. The van der Waals surface area contributed by atoms with Gasteiger partial charge in [-0.15, -0.1) is 0 Å². The Labute approximate surface area is 107 Å². The molecule has 0 N–H and O–H groups in total. The van der Waals surface area contributed by atoms with Gasteiger partial charge in [0.1, 0.15) is 5.52 Å². The summed E-state index contributed by atoms with van der Waals surface area (Å²) in [5, 5.41) is 4.68. The summed E-state index contributed by atoms with van der Waals surface area (Å²) in [5.74, 6) is 1.83. The van der Waals surface area contributed by atoms with Crippen molar-refractivity contribution in [2.45, 2.75) is 38.0 Å². The summed E-state index contributed by atoms with van der Waals surface area (Å²) in [7, 11) is 0. The van der Waals surface area contributed by atoms with Crippen molar-refractivity contribution < 1.29 is 0 Å². The van der Waals surface area contributed by atoms with Gasteiger partial charge in [-0.2, -0.15) is 5.10 Å². The van der Waals surface area contributed by atoms with E-state index in [9.17, 15) is 0 Å². The van der Waals surface area contributed by atoms with Crippen molar-refractivity contribution in [1.29, 1.82) is 0 Å². The van der Waals surface area contributed by atoms with Crippen molar-refractivity contribution in [1.82, 2.24) is 14.6 Å². The molecule has 0 radical (unpaired) electrons. The lowest BCUT2D eigenvalue weighted by Gasteiger charge is -2.27. The van der Waals surface area contributed by atoms with E-state index in [0.29, 0.717) is 5.92 Å². The Morgan fingerprint density at radius 3 is 2.72 bits per heavy atom. The molecule has 0 bridgehead atoms. The second kappa shape index (κ2) is 3.97. The molecule has 4 rings (SSSR count). The molecule has 0 unspecified atom stereocenters. The maximum Gasteiger partial charge on any atom is 0.154 e. The quantitative estimate of drug-likeness (QED) is 0.811. The van der Waals surface area contributed by atoms with Crippen molar-refractivity contribution in [3.05, 3.63) is 24.2 Å². The third-order valence-electron chi connectivity index (χ3n) is 4.04. The normalized spacial score (nSPS) is 20.6. The first kappa shape index (κ1) is 10.4. The lowest BCUT2D eigenvalue weighted by molar-refractivity contribution is 0.574. The second-order valence-electron chi connectivity index (χ2n) is 5.47. The van der Waals surface area contributed by atoms with Crippen LogP contribution < -0.4 is 4.90 Å². The van der Waals surface area contributed by atoms with Gasteiger partial charge in [0.05, 0.1) is 5.69 Å². The second-order valence-corrected chi connectivity index (χ2v) is 5.47. The largest absolute Gasteiger partial charge is 0.355 e. The fourth-order valence-corrected chi connectivity index (χ4v) is 2.86. The van der Waals surface area contributed by atoms with Crippen LogP contribution >= 0.6 is 0 Å². The fourth-order valence-electron chi connectivity index (χ4n) is 2.86. The molecule has 94 valence electrons. The number of rotatable bonds is 2. The summed E-state index contributed by atoms with van der Waals surface area (Å²) in [6.07, 6.45) is 10.4. The van der Waals surface area contributed by atoms with E-state index in [4.69, 9.17) is 0 Å². The molecule has 2 fully saturated rings. The molecule has 0 amide bonds. The SMILES string of the molecule is c1cn2nc(C3CC3)cc2c(N2CCCCC2)n1. The molecule has 1 saturated carbocycles. The first-order valence-electron chi connectivity index (χ1n) is 7.01. The van der Waals surface area contributed by atoms with E-state index in [-0.39, 0.29) is 0 Å². The number of hydrogen-bond acceptors (Lipinski definition) is 3. The molecule has 3 heterocycles. The standard InChI is InChI=1S/C14H18N4/c1-2-7-17(8-3-1)14-13-10-12(11-4-5-11)16-18(13)9-6-15-14/h6,9-11H,1-5,7-8H2. The topological polar surface area (TPSA) is 33.4 Å². The maximum atomic E-state index is 4.68. The summed E-state index contributed by atoms with van der Waals surface area (Å²) in [4.78, 5) is 7.00. The number of piperidine rings is 1. The summed E-state index contributed by atoms with van der Waals surface area (Å²) in [5.41, 5.74) is 2.43. The van der Waals surface area contributed by atoms with Crippen LogP contribution in [0.2, 0.25) is 0 Å². The van der Waals surface area contributed by atoms with E-state index in [1.165, 1.54) is 43.3 Å². The highest BCUT2D eigenvalue weighted by Crippen LogP contribution is 2.40. The predicted octanol–water partition coefficient (Wildman–Crippen LogP) is 2.60. The zero-order chi connectivity index (χ0) is 11.9. The Morgan fingerprint density at radius 1 is 1.11 bits per heavy atom. The Hall–Kier alpha value is -1.58. The van der Waals surface area contributed by atoms with Crippen LogP contribution in [0.15, 0.2) is 18.5 Å². The number of hydrogen-bond donors (Lipinski definition) is 0. The summed E-state index contributed by atoms with van der Waals surface area (Å²) in [6, 6.07) is 2.24. The van der Waals surface area contributed by atoms with E-state index in [1.807, 2.05) is 16.9 Å². The van der Waals surface area contributed by atoms with E-state index in [0.717, 1.165) is 18.9 Å². The van der Waals surface area contributed by atoms with Gasteiger partial charge in [0.2, 0.25) is 0 Å². The average molecular weight is 242 g/mol. The average Bonchev–Trinajstić information content (AvgIpc) is 3.18. The van der Waals surface area contributed by atoms with Crippen LogP contribution in [0.1, 0.15) is 43.7 Å². The Morgan fingerprint density at radius 2 is 1.94 bits per heavy atom. The van der Waals surface area contributed by atoms with Gasteiger partial charge in [-0.3, -0.25) is 0 Å². The van der Waals surface area contributed by atoms with Crippen molar-refractivity contribution >= 4 is 11.3 Å². The summed E-state index contributed by atoms with van der Waals surface area (Å²) in [6.45, 7) is 2.27. The highest BCUT2D eigenvalue weighted by molar-refractivity contribution is 5.69. The monoisotopic (exact) mass is 242 g/mol. The van der Waals surface area contributed by atoms with Gasteiger partial charge in [-0.25, -0.2) is 9.50 Å². The molecule has 18 heavy (non-hydrogen) atoms. The number of fused-ring (bicyclic) bond motifs is 1. The van der Waals surface area contributed by atoms with Crippen molar-refractivity contribution in [3.63, 3.8) is 0 Å². The Balaban J connectivity index is 1.78. The summed E-state index contributed by atoms with van der Waals surface area (Å²) < 4.78 is 2.00.